The molecule has 2 amide bonds. The average molecular weight is 302 g/mol. The highest BCUT2D eigenvalue weighted by molar-refractivity contribution is 6.00. The van der Waals surface area contributed by atoms with Crippen LogP contribution in [0.5, 0.6) is 0 Å². The van der Waals surface area contributed by atoms with Crippen LogP contribution in [0.15, 0.2) is 24.3 Å². The summed E-state index contributed by atoms with van der Waals surface area (Å²) in [5.74, 6) is -0.129. The normalized spacial score (nSPS) is 20.6. The Morgan fingerprint density at radius 2 is 1.68 bits per heavy atom. The van der Waals surface area contributed by atoms with Crippen LogP contribution >= 0.6 is 0 Å². The zero-order valence-electron chi connectivity index (χ0n) is 14.1. The first kappa shape index (κ1) is 16.5. The summed E-state index contributed by atoms with van der Waals surface area (Å²) in [5.41, 5.74) is 1.71. The van der Waals surface area contributed by atoms with Gasteiger partial charge in [0, 0.05) is 11.2 Å². The standard InChI is InChI=1S/C18H26N2O2/c1-11(2)12-8-6-7-9-15(12)19-16(21)13-10-14(13)17(22)20-18(3,4)5/h6-9,11,13-14H,10H2,1-5H3,(H,19,21)(H,20,22). The molecule has 1 aromatic rings. The first-order chi connectivity index (χ1) is 10.2. The summed E-state index contributed by atoms with van der Waals surface area (Å²) in [6.45, 7) is 10.0. The van der Waals surface area contributed by atoms with Gasteiger partial charge in [0.2, 0.25) is 11.8 Å². The van der Waals surface area contributed by atoms with E-state index in [4.69, 9.17) is 0 Å². The van der Waals surface area contributed by atoms with Crippen molar-refractivity contribution in [1.82, 2.24) is 5.32 Å². The zero-order chi connectivity index (χ0) is 16.5. The van der Waals surface area contributed by atoms with E-state index in [1.54, 1.807) is 0 Å². The molecule has 1 aliphatic rings. The number of para-hydroxylation sites is 1. The number of anilines is 1. The van der Waals surface area contributed by atoms with E-state index >= 15 is 0 Å². The summed E-state index contributed by atoms with van der Waals surface area (Å²) in [5, 5.41) is 5.92. The van der Waals surface area contributed by atoms with Crippen LogP contribution in [-0.4, -0.2) is 17.4 Å². The molecule has 1 aliphatic carbocycles. The van der Waals surface area contributed by atoms with Crippen molar-refractivity contribution in [3.05, 3.63) is 29.8 Å². The van der Waals surface area contributed by atoms with Gasteiger partial charge in [-0.1, -0.05) is 32.0 Å². The molecule has 4 nitrogen and oxygen atoms in total. The number of carbonyl (C=O) groups is 2. The van der Waals surface area contributed by atoms with Crippen LogP contribution in [0.25, 0.3) is 0 Å². The van der Waals surface area contributed by atoms with Crippen LogP contribution < -0.4 is 10.6 Å². The highest BCUT2D eigenvalue weighted by Gasteiger charge is 2.48. The molecule has 0 heterocycles. The maximum Gasteiger partial charge on any atom is 0.228 e. The molecule has 0 radical (unpaired) electrons. The van der Waals surface area contributed by atoms with E-state index in [-0.39, 0.29) is 29.2 Å². The first-order valence-corrected chi connectivity index (χ1v) is 7.91. The summed E-state index contributed by atoms with van der Waals surface area (Å²) >= 11 is 0. The Morgan fingerprint density at radius 1 is 1.09 bits per heavy atom. The van der Waals surface area contributed by atoms with Crippen molar-refractivity contribution in [3.63, 3.8) is 0 Å². The fraction of sp³-hybridized carbons (Fsp3) is 0.556. The second-order valence-corrected chi connectivity index (χ2v) is 7.42. The van der Waals surface area contributed by atoms with Crippen molar-refractivity contribution in [2.75, 3.05) is 5.32 Å². The lowest BCUT2D eigenvalue weighted by Crippen LogP contribution is -2.42. The number of rotatable bonds is 4. The highest BCUT2D eigenvalue weighted by Crippen LogP contribution is 2.40. The second-order valence-electron chi connectivity index (χ2n) is 7.42. The topological polar surface area (TPSA) is 58.2 Å². The number of benzene rings is 1. The minimum absolute atomic E-state index is 0.0233. The van der Waals surface area contributed by atoms with Gasteiger partial charge < -0.3 is 10.6 Å². The summed E-state index contributed by atoms with van der Waals surface area (Å²) in [4.78, 5) is 24.4. The van der Waals surface area contributed by atoms with Crippen molar-refractivity contribution in [2.45, 2.75) is 52.5 Å². The van der Waals surface area contributed by atoms with E-state index in [2.05, 4.69) is 24.5 Å². The van der Waals surface area contributed by atoms with Gasteiger partial charge in [0.1, 0.15) is 0 Å². The molecule has 2 rings (SSSR count). The van der Waals surface area contributed by atoms with Gasteiger partial charge in [-0.25, -0.2) is 0 Å². The van der Waals surface area contributed by atoms with Gasteiger partial charge >= 0.3 is 0 Å². The maximum absolute atomic E-state index is 12.3. The lowest BCUT2D eigenvalue weighted by Gasteiger charge is -2.20. The molecular weight excluding hydrogens is 276 g/mol. The third kappa shape index (κ3) is 4.09. The van der Waals surface area contributed by atoms with Crippen molar-refractivity contribution >= 4 is 17.5 Å². The third-order valence-corrected chi connectivity index (χ3v) is 3.80. The quantitative estimate of drug-likeness (QED) is 0.896. The van der Waals surface area contributed by atoms with Crippen molar-refractivity contribution < 1.29 is 9.59 Å². The smallest absolute Gasteiger partial charge is 0.228 e. The minimum Gasteiger partial charge on any atom is -0.351 e. The number of nitrogens with one attached hydrogen (secondary N) is 2. The molecule has 0 bridgehead atoms. The molecular formula is C18H26N2O2. The van der Waals surface area contributed by atoms with Gasteiger partial charge in [-0.2, -0.15) is 0 Å². The Balaban J connectivity index is 1.97. The van der Waals surface area contributed by atoms with E-state index in [1.807, 2.05) is 45.0 Å². The van der Waals surface area contributed by atoms with E-state index < -0.39 is 0 Å². The average Bonchev–Trinajstić information content (AvgIpc) is 3.17. The molecule has 22 heavy (non-hydrogen) atoms. The van der Waals surface area contributed by atoms with Gasteiger partial charge in [-0.05, 0) is 44.7 Å². The van der Waals surface area contributed by atoms with E-state index in [1.165, 1.54) is 0 Å². The van der Waals surface area contributed by atoms with Gasteiger partial charge in [0.15, 0.2) is 0 Å². The number of hydrogen-bond donors (Lipinski definition) is 2. The molecule has 1 fully saturated rings. The molecule has 120 valence electrons. The summed E-state index contributed by atoms with van der Waals surface area (Å²) < 4.78 is 0. The molecule has 2 unspecified atom stereocenters. The molecule has 2 N–H and O–H groups in total. The Hall–Kier alpha value is -1.84. The lowest BCUT2D eigenvalue weighted by atomic mass is 10.0. The van der Waals surface area contributed by atoms with Crippen LogP contribution in [0.4, 0.5) is 5.69 Å². The molecule has 0 saturated heterocycles. The summed E-state index contributed by atoms with van der Waals surface area (Å²) in [7, 11) is 0. The Bertz CT molecular complexity index is 573. The zero-order valence-corrected chi connectivity index (χ0v) is 14.1. The molecule has 0 spiro atoms. The molecule has 0 aliphatic heterocycles. The fourth-order valence-electron chi connectivity index (χ4n) is 2.58. The van der Waals surface area contributed by atoms with E-state index in [9.17, 15) is 9.59 Å². The fourth-order valence-corrected chi connectivity index (χ4v) is 2.58. The number of amides is 2. The van der Waals surface area contributed by atoms with Gasteiger partial charge in [-0.15, -0.1) is 0 Å². The highest BCUT2D eigenvalue weighted by atomic mass is 16.2. The Morgan fingerprint density at radius 3 is 2.27 bits per heavy atom. The van der Waals surface area contributed by atoms with Crippen molar-refractivity contribution in [3.8, 4) is 0 Å². The number of hydrogen-bond acceptors (Lipinski definition) is 2. The number of carbonyl (C=O) groups excluding carboxylic acids is 2. The van der Waals surface area contributed by atoms with Gasteiger partial charge in [0.25, 0.3) is 0 Å². The predicted molar refractivity (Wildman–Crippen MR) is 88.7 cm³/mol. The molecule has 2 atom stereocenters. The van der Waals surface area contributed by atoms with E-state index in [0.717, 1.165) is 11.3 Å². The maximum atomic E-state index is 12.3. The van der Waals surface area contributed by atoms with Gasteiger partial charge in [-0.3, -0.25) is 9.59 Å². The molecule has 1 aromatic carbocycles. The van der Waals surface area contributed by atoms with Crippen molar-refractivity contribution in [1.29, 1.82) is 0 Å². The molecule has 0 aromatic heterocycles. The molecule has 1 saturated carbocycles. The van der Waals surface area contributed by atoms with Crippen molar-refractivity contribution in [2.24, 2.45) is 11.8 Å². The predicted octanol–water partition coefficient (Wildman–Crippen LogP) is 3.30. The van der Waals surface area contributed by atoms with E-state index in [0.29, 0.717) is 12.3 Å². The summed E-state index contributed by atoms with van der Waals surface area (Å²) in [6.07, 6.45) is 0.637. The van der Waals surface area contributed by atoms with Crippen LogP contribution in [-0.2, 0) is 9.59 Å². The monoisotopic (exact) mass is 302 g/mol. The van der Waals surface area contributed by atoms with Gasteiger partial charge in [0.05, 0.1) is 11.8 Å². The Labute approximate surface area is 132 Å². The lowest BCUT2D eigenvalue weighted by molar-refractivity contribution is -0.126. The van der Waals surface area contributed by atoms with Crippen LogP contribution in [0, 0.1) is 11.8 Å². The largest absolute Gasteiger partial charge is 0.351 e. The SMILES string of the molecule is CC(C)c1ccccc1NC(=O)C1CC1C(=O)NC(C)(C)C. The summed E-state index contributed by atoms with van der Waals surface area (Å²) in [6, 6.07) is 7.83. The second kappa shape index (κ2) is 6.11. The van der Waals surface area contributed by atoms with Crippen LogP contribution in [0.2, 0.25) is 0 Å². The van der Waals surface area contributed by atoms with Crippen LogP contribution in [0.3, 0.4) is 0 Å². The Kier molecular flexibility index (Phi) is 4.59. The third-order valence-electron chi connectivity index (χ3n) is 3.80. The first-order valence-electron chi connectivity index (χ1n) is 7.91. The van der Waals surface area contributed by atoms with Crippen LogP contribution in [0.1, 0.15) is 52.5 Å². The molecule has 4 heteroatoms. The minimum atomic E-state index is -0.259.